The molecule has 0 spiro atoms. The van der Waals surface area contributed by atoms with E-state index in [9.17, 15) is 24.3 Å². The van der Waals surface area contributed by atoms with Gasteiger partial charge in [0.15, 0.2) is 0 Å². The molecule has 0 radical (unpaired) electrons. The van der Waals surface area contributed by atoms with E-state index in [1.165, 1.54) is 199 Å². The third kappa shape index (κ3) is 42.4. The van der Waals surface area contributed by atoms with Crippen LogP contribution in [0, 0.1) is 0 Å². The Morgan fingerprint density at radius 3 is 1.13 bits per heavy atom. The summed E-state index contributed by atoms with van der Waals surface area (Å²) in [4.78, 5) is 31.0. The van der Waals surface area contributed by atoms with Crippen LogP contribution in [0.15, 0.2) is 12.2 Å². The second-order valence-corrected chi connectivity index (χ2v) is 17.7. The van der Waals surface area contributed by atoms with E-state index in [0.717, 1.165) is 38.5 Å². The molecule has 8 heteroatoms. The highest BCUT2D eigenvalue weighted by molar-refractivity contribution is 7.46. The zero-order valence-electron chi connectivity index (χ0n) is 35.9. The van der Waals surface area contributed by atoms with E-state index >= 15 is 0 Å². The average Bonchev–Trinajstić information content (AvgIpc) is 3.14. The van der Waals surface area contributed by atoms with Gasteiger partial charge in [-0.1, -0.05) is 244 Å². The normalized spacial score (nSPS) is 13.2. The average molecular weight is 786 g/mol. The number of aliphatic hydroxyl groups is 1. The quantitative estimate of drug-likeness (QED) is 0.0278. The van der Waals surface area contributed by atoms with Gasteiger partial charge < -0.3 is 20.2 Å². The van der Waals surface area contributed by atoms with Crippen LogP contribution in [0.5, 0.6) is 0 Å². The summed E-state index contributed by atoms with van der Waals surface area (Å²) >= 11 is 0. The molecule has 1 amide bonds. The highest BCUT2D eigenvalue weighted by Gasteiger charge is 2.24. The maximum absolute atomic E-state index is 12.6. The largest absolute Gasteiger partial charge is 0.469 e. The SMILES string of the molecule is CCCCCCCCCCCCCCC/C=C/[C@@H](O)[C@H](COP(=O)(O)O)NC(=O)CCCCCCCCCCCCCCCCCCCCCCCCC. The topological polar surface area (TPSA) is 116 Å². The second kappa shape index (κ2) is 41.9. The monoisotopic (exact) mass is 786 g/mol. The van der Waals surface area contributed by atoms with Gasteiger partial charge in [-0.2, -0.15) is 0 Å². The van der Waals surface area contributed by atoms with Crippen molar-refractivity contribution < 1.29 is 28.8 Å². The molecule has 4 N–H and O–H groups in total. The van der Waals surface area contributed by atoms with E-state index in [1.807, 2.05) is 6.08 Å². The van der Waals surface area contributed by atoms with Crippen molar-refractivity contribution in [1.29, 1.82) is 0 Å². The molecule has 0 aliphatic rings. The van der Waals surface area contributed by atoms with Crippen molar-refractivity contribution in [3.05, 3.63) is 12.2 Å². The number of allylic oxidation sites excluding steroid dienone is 1. The molecule has 322 valence electrons. The lowest BCUT2D eigenvalue weighted by atomic mass is 10.0. The molecule has 0 heterocycles. The third-order valence-corrected chi connectivity index (χ3v) is 11.5. The van der Waals surface area contributed by atoms with Crippen LogP contribution in [0.3, 0.4) is 0 Å². The van der Waals surface area contributed by atoms with Crippen molar-refractivity contribution in [1.82, 2.24) is 5.32 Å². The standard InChI is InChI=1S/C46H92NO6P/c1-3-5-7-9-11-13-15-17-19-20-21-22-23-24-25-26-28-30-32-34-36-38-40-42-46(49)47-44(43-53-54(50,51)52)45(48)41-39-37-35-33-31-29-27-18-16-14-12-10-8-6-4-2/h39,41,44-45,48H,3-38,40,42-43H2,1-2H3,(H,47,49)(H2,50,51,52)/b41-39+/t44-,45+/m0/s1. The molecule has 0 saturated carbocycles. The Bertz CT molecular complexity index is 849. The van der Waals surface area contributed by atoms with Crippen LogP contribution in [0.4, 0.5) is 0 Å². The van der Waals surface area contributed by atoms with Gasteiger partial charge in [0, 0.05) is 6.42 Å². The smallest absolute Gasteiger partial charge is 0.387 e. The number of hydrogen-bond donors (Lipinski definition) is 4. The van der Waals surface area contributed by atoms with Crippen LogP contribution < -0.4 is 5.32 Å². The van der Waals surface area contributed by atoms with E-state index in [0.29, 0.717) is 6.42 Å². The first-order valence-corrected chi connectivity index (χ1v) is 25.2. The van der Waals surface area contributed by atoms with E-state index in [4.69, 9.17) is 0 Å². The lowest BCUT2D eigenvalue weighted by molar-refractivity contribution is -0.123. The second-order valence-electron chi connectivity index (χ2n) is 16.4. The van der Waals surface area contributed by atoms with E-state index < -0.39 is 26.6 Å². The minimum atomic E-state index is -4.71. The van der Waals surface area contributed by atoms with E-state index in [1.54, 1.807) is 6.08 Å². The van der Waals surface area contributed by atoms with Gasteiger partial charge in [0.25, 0.3) is 0 Å². The summed E-state index contributed by atoms with van der Waals surface area (Å²) in [5, 5.41) is 13.4. The van der Waals surface area contributed by atoms with Crippen molar-refractivity contribution in [2.75, 3.05) is 6.61 Å². The number of nitrogens with one attached hydrogen (secondary N) is 1. The Morgan fingerprint density at radius 2 is 0.815 bits per heavy atom. The lowest BCUT2D eigenvalue weighted by Gasteiger charge is -2.22. The number of carbonyl (C=O) groups is 1. The number of amides is 1. The summed E-state index contributed by atoms with van der Waals surface area (Å²) in [6.07, 6.45) is 51.0. The third-order valence-electron chi connectivity index (χ3n) is 11.0. The van der Waals surface area contributed by atoms with Crippen molar-refractivity contribution in [2.24, 2.45) is 0 Å². The molecule has 54 heavy (non-hydrogen) atoms. The molecule has 0 rings (SSSR count). The molecule has 0 aromatic heterocycles. The summed E-state index contributed by atoms with van der Waals surface area (Å²) in [6, 6.07) is -0.905. The highest BCUT2D eigenvalue weighted by Crippen LogP contribution is 2.36. The van der Waals surface area contributed by atoms with E-state index in [-0.39, 0.29) is 5.91 Å². The molecule has 0 aromatic rings. The van der Waals surface area contributed by atoms with Crippen LogP contribution >= 0.6 is 7.82 Å². The first-order chi connectivity index (χ1) is 26.3. The molecule has 7 nitrogen and oxygen atoms in total. The molecule has 0 aliphatic carbocycles. The Hall–Kier alpha value is -0.720. The number of aliphatic hydroxyl groups excluding tert-OH is 1. The molecule has 0 aromatic carbocycles. The lowest BCUT2D eigenvalue weighted by Crippen LogP contribution is -2.45. The summed E-state index contributed by atoms with van der Waals surface area (Å²) < 4.78 is 16.0. The molecular formula is C46H92NO6P. The fraction of sp³-hybridized carbons (Fsp3) is 0.935. The molecule has 0 bridgehead atoms. The number of unbranched alkanes of at least 4 members (excludes halogenated alkanes) is 35. The number of carbonyl (C=O) groups excluding carboxylic acids is 1. The van der Waals surface area contributed by atoms with Gasteiger partial charge >= 0.3 is 7.82 Å². The number of phosphoric acid groups is 1. The summed E-state index contributed by atoms with van der Waals surface area (Å²) in [6.45, 7) is 4.10. The van der Waals surface area contributed by atoms with Gasteiger partial charge in [-0.05, 0) is 19.3 Å². The van der Waals surface area contributed by atoms with Crippen molar-refractivity contribution >= 4 is 13.7 Å². The highest BCUT2D eigenvalue weighted by atomic mass is 31.2. The Balaban J connectivity index is 3.82. The summed E-state index contributed by atoms with van der Waals surface area (Å²) in [5.74, 6) is -0.221. The van der Waals surface area contributed by atoms with Gasteiger partial charge in [0.2, 0.25) is 5.91 Å². The molecule has 0 saturated heterocycles. The Labute approximate surface area is 335 Å². The predicted molar refractivity (Wildman–Crippen MR) is 232 cm³/mol. The van der Waals surface area contributed by atoms with Crippen LogP contribution in [-0.4, -0.2) is 39.6 Å². The van der Waals surface area contributed by atoms with Crippen molar-refractivity contribution in [3.8, 4) is 0 Å². The first-order valence-electron chi connectivity index (χ1n) is 23.6. The summed E-state index contributed by atoms with van der Waals surface area (Å²) in [5.41, 5.74) is 0. The summed E-state index contributed by atoms with van der Waals surface area (Å²) in [7, 11) is -4.71. The zero-order chi connectivity index (χ0) is 39.6. The molecule has 2 atom stereocenters. The predicted octanol–water partition coefficient (Wildman–Crippen LogP) is 14.4. The van der Waals surface area contributed by atoms with E-state index in [2.05, 4.69) is 23.7 Å². The van der Waals surface area contributed by atoms with Gasteiger partial charge in [0.05, 0.1) is 18.8 Å². The zero-order valence-corrected chi connectivity index (χ0v) is 36.8. The van der Waals surface area contributed by atoms with Crippen LogP contribution in [0.25, 0.3) is 0 Å². The van der Waals surface area contributed by atoms with Crippen LogP contribution in [-0.2, 0) is 13.9 Å². The first kappa shape index (κ1) is 53.3. The fourth-order valence-electron chi connectivity index (χ4n) is 7.40. The number of rotatable bonds is 44. The number of hydrogen-bond acceptors (Lipinski definition) is 4. The van der Waals surface area contributed by atoms with Gasteiger partial charge in [-0.15, -0.1) is 0 Å². The fourth-order valence-corrected chi connectivity index (χ4v) is 7.76. The minimum absolute atomic E-state index is 0.221. The van der Waals surface area contributed by atoms with Gasteiger partial charge in [-0.25, -0.2) is 4.57 Å². The maximum atomic E-state index is 12.6. The Morgan fingerprint density at radius 1 is 0.519 bits per heavy atom. The van der Waals surface area contributed by atoms with Crippen LogP contribution in [0.2, 0.25) is 0 Å². The molecular weight excluding hydrogens is 693 g/mol. The van der Waals surface area contributed by atoms with Gasteiger partial charge in [0.1, 0.15) is 0 Å². The maximum Gasteiger partial charge on any atom is 0.469 e. The molecule has 0 unspecified atom stereocenters. The van der Waals surface area contributed by atoms with Gasteiger partial charge in [-0.3, -0.25) is 9.32 Å². The van der Waals surface area contributed by atoms with Crippen molar-refractivity contribution in [2.45, 2.75) is 270 Å². The molecule has 0 fully saturated rings. The minimum Gasteiger partial charge on any atom is -0.387 e. The number of phosphoric ester groups is 1. The Kier molecular flexibility index (Phi) is 41.3. The molecule has 0 aliphatic heterocycles. The van der Waals surface area contributed by atoms with Crippen LogP contribution in [0.1, 0.15) is 258 Å². The van der Waals surface area contributed by atoms with Crippen molar-refractivity contribution in [3.63, 3.8) is 0 Å².